The van der Waals surface area contributed by atoms with Crippen LogP contribution in [0.2, 0.25) is 0 Å². The molecule has 1 aliphatic carbocycles. The summed E-state index contributed by atoms with van der Waals surface area (Å²) in [5, 5.41) is 14.1. The molecule has 0 aromatic heterocycles. The highest BCUT2D eigenvalue weighted by molar-refractivity contribution is 8.00. The fourth-order valence-electron chi connectivity index (χ4n) is 1.83. The van der Waals surface area contributed by atoms with E-state index < -0.39 is 0 Å². The minimum Gasteiger partial charge on any atom is -0.384 e. The van der Waals surface area contributed by atoms with Gasteiger partial charge in [-0.05, 0) is 38.2 Å². The smallest absolute Gasteiger partial charge is 0.272 e. The molecule has 0 heterocycles. The third kappa shape index (κ3) is 2.72. The van der Waals surface area contributed by atoms with Gasteiger partial charge in [0.15, 0.2) is 0 Å². The average molecular weight is 252 g/mol. The van der Waals surface area contributed by atoms with E-state index in [2.05, 4.69) is 11.6 Å². The van der Waals surface area contributed by atoms with Crippen LogP contribution >= 0.6 is 11.8 Å². The number of nitro benzene ring substituents is 1. The van der Waals surface area contributed by atoms with Gasteiger partial charge < -0.3 is 5.32 Å². The van der Waals surface area contributed by atoms with Crippen molar-refractivity contribution in [3.05, 3.63) is 33.9 Å². The topological polar surface area (TPSA) is 55.2 Å². The summed E-state index contributed by atoms with van der Waals surface area (Å²) in [7, 11) is 0. The van der Waals surface area contributed by atoms with Gasteiger partial charge in [0.25, 0.3) is 5.69 Å². The Bertz CT molecular complexity index is 444. The number of aryl methyl sites for hydroxylation is 1. The van der Waals surface area contributed by atoms with Crippen LogP contribution in [-0.4, -0.2) is 22.5 Å². The second-order valence-electron chi connectivity index (χ2n) is 4.50. The number of nitrogens with zero attached hydrogens (tertiary/aromatic N) is 1. The molecular weight excluding hydrogens is 236 g/mol. The third-order valence-corrected chi connectivity index (χ3v) is 4.67. The van der Waals surface area contributed by atoms with Crippen LogP contribution in [0, 0.1) is 17.0 Å². The largest absolute Gasteiger partial charge is 0.384 e. The van der Waals surface area contributed by atoms with E-state index in [1.807, 2.05) is 17.8 Å². The first-order chi connectivity index (χ1) is 8.06. The fourth-order valence-corrected chi connectivity index (χ4v) is 2.55. The molecular formula is C12H16N2O2S. The number of thioether (sulfide) groups is 1. The van der Waals surface area contributed by atoms with Crippen LogP contribution in [0.15, 0.2) is 18.2 Å². The van der Waals surface area contributed by atoms with Crippen LogP contribution in [0.1, 0.15) is 18.4 Å². The Balaban J connectivity index is 2.03. The van der Waals surface area contributed by atoms with E-state index in [1.165, 1.54) is 12.8 Å². The monoisotopic (exact) mass is 252 g/mol. The van der Waals surface area contributed by atoms with Gasteiger partial charge in [-0.2, -0.15) is 11.8 Å². The summed E-state index contributed by atoms with van der Waals surface area (Å²) in [5.74, 6) is 0. The molecule has 1 aliphatic rings. The lowest BCUT2D eigenvalue weighted by Crippen LogP contribution is -2.17. The van der Waals surface area contributed by atoms with Crippen LogP contribution in [0.5, 0.6) is 0 Å². The van der Waals surface area contributed by atoms with Crippen LogP contribution in [0.25, 0.3) is 0 Å². The molecule has 0 atom stereocenters. The van der Waals surface area contributed by atoms with Crippen molar-refractivity contribution in [1.29, 1.82) is 0 Å². The number of hydrogen-bond donors (Lipinski definition) is 1. The molecule has 1 aromatic carbocycles. The number of nitro groups is 1. The van der Waals surface area contributed by atoms with Crippen molar-refractivity contribution in [1.82, 2.24) is 0 Å². The first-order valence-corrected chi connectivity index (χ1v) is 6.83. The Kier molecular flexibility index (Phi) is 3.28. The molecule has 1 saturated carbocycles. The predicted octanol–water partition coefficient (Wildman–Crippen LogP) is 3.21. The molecule has 0 radical (unpaired) electrons. The Morgan fingerprint density at radius 2 is 2.24 bits per heavy atom. The predicted molar refractivity (Wildman–Crippen MR) is 71.8 cm³/mol. The van der Waals surface area contributed by atoms with Gasteiger partial charge in [-0.3, -0.25) is 10.1 Å². The molecule has 1 N–H and O–H groups in total. The Labute approximate surface area is 105 Å². The van der Waals surface area contributed by atoms with E-state index in [4.69, 9.17) is 0 Å². The van der Waals surface area contributed by atoms with Crippen molar-refractivity contribution < 1.29 is 4.92 Å². The molecule has 0 bridgehead atoms. The van der Waals surface area contributed by atoms with E-state index in [1.54, 1.807) is 19.1 Å². The van der Waals surface area contributed by atoms with Gasteiger partial charge in [0.2, 0.25) is 0 Å². The number of hydrogen-bond acceptors (Lipinski definition) is 4. The maximum absolute atomic E-state index is 10.7. The van der Waals surface area contributed by atoms with Crippen molar-refractivity contribution in [2.75, 3.05) is 18.1 Å². The van der Waals surface area contributed by atoms with Crippen molar-refractivity contribution in [3.8, 4) is 0 Å². The summed E-state index contributed by atoms with van der Waals surface area (Å²) in [6.07, 6.45) is 4.65. The van der Waals surface area contributed by atoms with Gasteiger partial charge in [-0.25, -0.2) is 0 Å². The van der Waals surface area contributed by atoms with E-state index in [-0.39, 0.29) is 10.6 Å². The summed E-state index contributed by atoms with van der Waals surface area (Å²) >= 11 is 1.90. The third-order valence-electron chi connectivity index (χ3n) is 3.25. The normalized spacial score (nSPS) is 16.6. The van der Waals surface area contributed by atoms with Crippen LogP contribution in [-0.2, 0) is 0 Å². The highest BCUT2D eigenvalue weighted by Gasteiger charge is 2.41. The molecule has 92 valence electrons. The summed E-state index contributed by atoms with van der Waals surface area (Å²) in [6, 6.07) is 5.19. The van der Waals surface area contributed by atoms with E-state index in [0.29, 0.717) is 10.3 Å². The van der Waals surface area contributed by atoms with Gasteiger partial charge >= 0.3 is 0 Å². The van der Waals surface area contributed by atoms with E-state index in [9.17, 15) is 10.1 Å². The molecule has 0 aliphatic heterocycles. The van der Waals surface area contributed by atoms with Gasteiger partial charge in [0, 0.05) is 28.6 Å². The summed E-state index contributed by atoms with van der Waals surface area (Å²) < 4.78 is 0.398. The molecule has 1 fully saturated rings. The second kappa shape index (κ2) is 4.56. The second-order valence-corrected chi connectivity index (χ2v) is 5.77. The average Bonchev–Trinajstić information content (AvgIpc) is 3.07. The Hall–Kier alpha value is -1.23. The SMILES string of the molecule is CSC1(CNc2ccc([N+](=O)[O-])c(C)c2)CC1. The van der Waals surface area contributed by atoms with E-state index >= 15 is 0 Å². The molecule has 0 saturated heterocycles. The number of rotatable bonds is 5. The van der Waals surface area contributed by atoms with Crippen LogP contribution in [0.3, 0.4) is 0 Å². The minimum atomic E-state index is -0.344. The molecule has 17 heavy (non-hydrogen) atoms. The quantitative estimate of drug-likeness (QED) is 0.645. The maximum Gasteiger partial charge on any atom is 0.272 e. The number of anilines is 1. The van der Waals surface area contributed by atoms with Gasteiger partial charge in [-0.15, -0.1) is 0 Å². The Morgan fingerprint density at radius 3 is 2.71 bits per heavy atom. The van der Waals surface area contributed by atoms with Gasteiger partial charge in [0.1, 0.15) is 0 Å². The molecule has 4 nitrogen and oxygen atoms in total. The highest BCUT2D eigenvalue weighted by Crippen LogP contribution is 2.47. The number of benzene rings is 1. The van der Waals surface area contributed by atoms with Crippen molar-refractivity contribution in [3.63, 3.8) is 0 Å². The first-order valence-electron chi connectivity index (χ1n) is 5.60. The van der Waals surface area contributed by atoms with Crippen molar-refractivity contribution in [2.45, 2.75) is 24.5 Å². The zero-order valence-electron chi connectivity index (χ0n) is 10.0. The number of nitrogens with one attached hydrogen (secondary N) is 1. The van der Waals surface area contributed by atoms with Crippen molar-refractivity contribution in [2.24, 2.45) is 0 Å². The van der Waals surface area contributed by atoms with Crippen LogP contribution in [0.4, 0.5) is 11.4 Å². The summed E-state index contributed by atoms with van der Waals surface area (Å²) in [6.45, 7) is 2.70. The van der Waals surface area contributed by atoms with Gasteiger partial charge in [0.05, 0.1) is 4.92 Å². The summed E-state index contributed by atoms with van der Waals surface area (Å²) in [5.41, 5.74) is 1.85. The lowest BCUT2D eigenvalue weighted by molar-refractivity contribution is -0.385. The van der Waals surface area contributed by atoms with Crippen molar-refractivity contribution >= 4 is 23.1 Å². The molecule has 0 unspecified atom stereocenters. The van der Waals surface area contributed by atoms with Crippen LogP contribution < -0.4 is 5.32 Å². The minimum absolute atomic E-state index is 0.182. The molecule has 0 amide bonds. The molecule has 2 rings (SSSR count). The highest BCUT2D eigenvalue weighted by atomic mass is 32.2. The maximum atomic E-state index is 10.7. The molecule has 5 heteroatoms. The lowest BCUT2D eigenvalue weighted by atomic mass is 10.2. The molecule has 0 spiro atoms. The zero-order chi connectivity index (χ0) is 12.5. The zero-order valence-corrected chi connectivity index (χ0v) is 10.8. The lowest BCUT2D eigenvalue weighted by Gasteiger charge is -2.14. The van der Waals surface area contributed by atoms with E-state index in [0.717, 1.165) is 12.2 Å². The summed E-state index contributed by atoms with van der Waals surface area (Å²) in [4.78, 5) is 10.3. The fraction of sp³-hybridized carbons (Fsp3) is 0.500. The van der Waals surface area contributed by atoms with Gasteiger partial charge in [-0.1, -0.05) is 0 Å². The molecule has 1 aromatic rings. The standard InChI is InChI=1S/C12H16N2O2S/c1-9-7-10(3-4-11(9)14(15)16)13-8-12(17-2)5-6-12/h3-4,7,13H,5-6,8H2,1-2H3. The Morgan fingerprint density at radius 1 is 1.53 bits per heavy atom. The first kappa shape index (κ1) is 12.2.